The van der Waals surface area contributed by atoms with Crippen molar-refractivity contribution < 1.29 is 9.53 Å². The van der Waals surface area contributed by atoms with Gasteiger partial charge >= 0.3 is 5.97 Å². The van der Waals surface area contributed by atoms with Gasteiger partial charge in [-0.05, 0) is 33.2 Å². The summed E-state index contributed by atoms with van der Waals surface area (Å²) < 4.78 is 5.31. The van der Waals surface area contributed by atoms with Crippen molar-refractivity contribution >= 4 is 5.97 Å². The molecule has 0 aliphatic rings. The van der Waals surface area contributed by atoms with Crippen LogP contribution in [0.25, 0.3) is 0 Å². The number of ether oxygens (including phenoxy) is 1. The molecule has 3 nitrogen and oxygen atoms in total. The minimum atomic E-state index is -0.403. The lowest BCUT2D eigenvalue weighted by atomic mass is 10.0. The van der Waals surface area contributed by atoms with Crippen LogP contribution in [0.3, 0.4) is 0 Å². The molecular weight excluding hydrogens is 178 g/mol. The number of nitrogens with one attached hydrogen (secondary N) is 1. The minimum absolute atomic E-state index is 0.158. The predicted octanol–water partition coefficient (Wildman–Crippen LogP) is 1.96. The van der Waals surface area contributed by atoms with Crippen LogP contribution in [0.1, 0.15) is 41.5 Å². The van der Waals surface area contributed by atoms with Gasteiger partial charge in [0.15, 0.2) is 0 Å². The monoisotopic (exact) mass is 201 g/mol. The van der Waals surface area contributed by atoms with Crippen LogP contribution in [0.4, 0.5) is 0 Å². The summed E-state index contributed by atoms with van der Waals surface area (Å²) in [5.74, 6) is 0.0964. The van der Waals surface area contributed by atoms with Crippen molar-refractivity contribution in [3.8, 4) is 0 Å². The maximum absolute atomic E-state index is 11.7. The molecule has 14 heavy (non-hydrogen) atoms. The molecule has 0 bridgehead atoms. The Bertz CT molecular complexity index is 182. The maximum Gasteiger partial charge on any atom is 0.323 e. The van der Waals surface area contributed by atoms with Crippen molar-refractivity contribution in [2.75, 3.05) is 6.54 Å². The topological polar surface area (TPSA) is 38.3 Å². The Morgan fingerprint density at radius 1 is 1.36 bits per heavy atom. The van der Waals surface area contributed by atoms with Crippen LogP contribution in [0.5, 0.6) is 0 Å². The third-order valence-corrected chi connectivity index (χ3v) is 1.75. The fourth-order valence-electron chi connectivity index (χ4n) is 1.18. The molecule has 0 saturated carbocycles. The van der Waals surface area contributed by atoms with Gasteiger partial charge in [-0.1, -0.05) is 20.8 Å². The van der Waals surface area contributed by atoms with Crippen molar-refractivity contribution in [1.29, 1.82) is 0 Å². The molecule has 0 spiro atoms. The second kappa shape index (κ2) is 5.35. The lowest BCUT2D eigenvalue weighted by molar-refractivity contribution is -0.158. The van der Waals surface area contributed by atoms with E-state index in [1.165, 1.54) is 0 Å². The van der Waals surface area contributed by atoms with Gasteiger partial charge < -0.3 is 10.1 Å². The molecular formula is C11H23NO2. The van der Waals surface area contributed by atoms with Gasteiger partial charge in [-0.3, -0.25) is 4.79 Å². The van der Waals surface area contributed by atoms with E-state index in [2.05, 4.69) is 5.32 Å². The number of esters is 1. The Balaban J connectivity index is 4.30. The van der Waals surface area contributed by atoms with E-state index in [-0.39, 0.29) is 17.9 Å². The van der Waals surface area contributed by atoms with Crippen LogP contribution in [0.2, 0.25) is 0 Å². The molecule has 1 N–H and O–H groups in total. The molecule has 1 atom stereocenters. The average molecular weight is 201 g/mol. The lowest BCUT2D eigenvalue weighted by Gasteiger charge is -2.26. The zero-order chi connectivity index (χ0) is 11.4. The third kappa shape index (κ3) is 5.22. The van der Waals surface area contributed by atoms with Crippen molar-refractivity contribution in [2.24, 2.45) is 5.92 Å². The molecule has 0 unspecified atom stereocenters. The van der Waals surface area contributed by atoms with Crippen molar-refractivity contribution in [3.05, 3.63) is 0 Å². The summed E-state index contributed by atoms with van der Waals surface area (Å²) in [5, 5.41) is 3.13. The predicted molar refractivity (Wildman–Crippen MR) is 58.1 cm³/mol. The highest BCUT2D eigenvalue weighted by molar-refractivity contribution is 5.76. The fourth-order valence-corrected chi connectivity index (χ4v) is 1.18. The van der Waals surface area contributed by atoms with E-state index in [9.17, 15) is 4.79 Å². The molecule has 84 valence electrons. The van der Waals surface area contributed by atoms with Crippen LogP contribution < -0.4 is 5.32 Å². The van der Waals surface area contributed by atoms with Gasteiger partial charge in [-0.25, -0.2) is 0 Å². The number of hydrogen-bond donors (Lipinski definition) is 1. The standard InChI is InChI=1S/C11H23NO2/c1-7-12-9(8(2)3)10(13)14-11(4,5)6/h8-9,12H,7H2,1-6H3/t9-/m0/s1. The Kier molecular flexibility index (Phi) is 5.13. The summed E-state index contributed by atoms with van der Waals surface area (Å²) in [5.41, 5.74) is -0.403. The van der Waals surface area contributed by atoms with Gasteiger partial charge in [-0.15, -0.1) is 0 Å². The third-order valence-electron chi connectivity index (χ3n) is 1.75. The van der Waals surface area contributed by atoms with Crippen LogP contribution in [0.15, 0.2) is 0 Å². The quantitative estimate of drug-likeness (QED) is 0.707. The van der Waals surface area contributed by atoms with Gasteiger partial charge in [-0.2, -0.15) is 0 Å². The molecule has 0 radical (unpaired) electrons. The molecule has 0 heterocycles. The number of rotatable bonds is 4. The minimum Gasteiger partial charge on any atom is -0.459 e. The van der Waals surface area contributed by atoms with Crippen molar-refractivity contribution in [1.82, 2.24) is 5.32 Å². The molecule has 3 heteroatoms. The highest BCUT2D eigenvalue weighted by Crippen LogP contribution is 2.11. The first-order valence-corrected chi connectivity index (χ1v) is 5.24. The number of carbonyl (C=O) groups is 1. The highest BCUT2D eigenvalue weighted by Gasteiger charge is 2.26. The molecule has 0 rings (SSSR count). The van der Waals surface area contributed by atoms with Gasteiger partial charge in [0.2, 0.25) is 0 Å². The first-order valence-electron chi connectivity index (χ1n) is 5.24. The first-order chi connectivity index (χ1) is 6.28. The van der Waals surface area contributed by atoms with Crippen LogP contribution in [-0.4, -0.2) is 24.2 Å². The fraction of sp³-hybridized carbons (Fsp3) is 0.909. The summed E-state index contributed by atoms with van der Waals surface area (Å²) in [6.45, 7) is 12.4. The molecule has 0 aliphatic heterocycles. The second-order valence-electron chi connectivity index (χ2n) is 4.81. The van der Waals surface area contributed by atoms with E-state index in [1.54, 1.807) is 0 Å². The second-order valence-corrected chi connectivity index (χ2v) is 4.81. The van der Waals surface area contributed by atoms with Gasteiger partial charge in [0, 0.05) is 0 Å². The zero-order valence-electron chi connectivity index (χ0n) is 10.2. The average Bonchev–Trinajstić information content (AvgIpc) is 1.95. The Morgan fingerprint density at radius 2 is 1.86 bits per heavy atom. The molecule has 0 aromatic rings. The van der Waals surface area contributed by atoms with Crippen molar-refractivity contribution in [2.45, 2.75) is 53.2 Å². The lowest BCUT2D eigenvalue weighted by Crippen LogP contribution is -2.44. The van der Waals surface area contributed by atoms with E-state index in [1.807, 2.05) is 41.5 Å². The van der Waals surface area contributed by atoms with Crippen LogP contribution in [0, 0.1) is 5.92 Å². The SMILES string of the molecule is CCN[C@H](C(=O)OC(C)(C)C)C(C)C. The van der Waals surface area contributed by atoms with E-state index < -0.39 is 5.60 Å². The molecule has 0 saturated heterocycles. The smallest absolute Gasteiger partial charge is 0.323 e. The first kappa shape index (κ1) is 13.4. The Morgan fingerprint density at radius 3 is 2.14 bits per heavy atom. The van der Waals surface area contributed by atoms with Gasteiger partial charge in [0.25, 0.3) is 0 Å². The van der Waals surface area contributed by atoms with Crippen molar-refractivity contribution in [3.63, 3.8) is 0 Å². The summed E-state index contributed by atoms with van der Waals surface area (Å²) in [6, 6.07) is -0.195. The Hall–Kier alpha value is -0.570. The molecule has 0 aromatic heterocycles. The normalized spacial score (nSPS) is 14.2. The largest absolute Gasteiger partial charge is 0.459 e. The van der Waals surface area contributed by atoms with Gasteiger partial charge in [0.1, 0.15) is 11.6 Å². The maximum atomic E-state index is 11.7. The molecule has 0 amide bonds. The summed E-state index contributed by atoms with van der Waals surface area (Å²) in [4.78, 5) is 11.7. The van der Waals surface area contributed by atoms with E-state index >= 15 is 0 Å². The van der Waals surface area contributed by atoms with Crippen LogP contribution >= 0.6 is 0 Å². The molecule has 0 aromatic carbocycles. The van der Waals surface area contributed by atoms with Gasteiger partial charge in [0.05, 0.1) is 0 Å². The van der Waals surface area contributed by atoms with Crippen LogP contribution in [-0.2, 0) is 9.53 Å². The van der Waals surface area contributed by atoms with E-state index in [0.717, 1.165) is 6.54 Å². The molecule has 0 aliphatic carbocycles. The zero-order valence-corrected chi connectivity index (χ0v) is 10.2. The summed E-state index contributed by atoms with van der Waals surface area (Å²) >= 11 is 0. The van der Waals surface area contributed by atoms with E-state index in [4.69, 9.17) is 4.74 Å². The number of likely N-dealkylation sites (N-methyl/N-ethyl adjacent to an activating group) is 1. The Labute approximate surface area is 87.2 Å². The number of carbonyl (C=O) groups excluding carboxylic acids is 1. The number of hydrogen-bond acceptors (Lipinski definition) is 3. The molecule has 0 fully saturated rings. The summed E-state index contributed by atoms with van der Waals surface area (Å²) in [6.07, 6.45) is 0. The van der Waals surface area contributed by atoms with E-state index in [0.29, 0.717) is 0 Å². The summed E-state index contributed by atoms with van der Waals surface area (Å²) in [7, 11) is 0. The highest BCUT2D eigenvalue weighted by atomic mass is 16.6.